The van der Waals surface area contributed by atoms with Crippen LogP contribution >= 0.6 is 0 Å². The summed E-state index contributed by atoms with van der Waals surface area (Å²) in [7, 11) is 0. The van der Waals surface area contributed by atoms with Crippen molar-refractivity contribution in [2.45, 2.75) is 31.6 Å². The van der Waals surface area contributed by atoms with E-state index in [0.717, 1.165) is 24.3 Å². The van der Waals surface area contributed by atoms with E-state index in [0.29, 0.717) is 38.0 Å². The van der Waals surface area contributed by atoms with Gasteiger partial charge in [-0.1, -0.05) is 18.2 Å². The molecule has 2 aromatic carbocycles. The number of halogens is 4. The number of piperidine rings is 1. The second-order valence-corrected chi connectivity index (χ2v) is 8.44. The molecule has 0 atom stereocenters. The van der Waals surface area contributed by atoms with Gasteiger partial charge in [-0.2, -0.15) is 13.2 Å². The number of nitrogens with zero attached hydrogens (tertiary/aromatic N) is 3. The molecular formula is C25H23F4N5O2. The fraction of sp³-hybridized carbons (Fsp3) is 0.280. The Kier molecular flexibility index (Phi) is 7.58. The van der Waals surface area contributed by atoms with Crippen LogP contribution in [0.2, 0.25) is 0 Å². The summed E-state index contributed by atoms with van der Waals surface area (Å²) in [6.07, 6.45) is -0.515. The van der Waals surface area contributed by atoms with Crippen molar-refractivity contribution in [3.05, 3.63) is 89.1 Å². The van der Waals surface area contributed by atoms with Crippen LogP contribution in [0.4, 0.5) is 23.4 Å². The van der Waals surface area contributed by atoms with Crippen LogP contribution in [0, 0.1) is 5.82 Å². The first kappa shape index (κ1) is 25.2. The maximum atomic E-state index is 13.1. The first-order valence-corrected chi connectivity index (χ1v) is 11.3. The van der Waals surface area contributed by atoms with Gasteiger partial charge in [0.2, 0.25) is 0 Å². The monoisotopic (exact) mass is 501 g/mol. The molecule has 1 aromatic heterocycles. The summed E-state index contributed by atoms with van der Waals surface area (Å²) in [5.41, 5.74) is 0.0442. The molecule has 2 N–H and O–H groups in total. The number of amides is 2. The Morgan fingerprint density at radius 1 is 0.972 bits per heavy atom. The standard InChI is InChI=1S/C25H23F4N5O2/c26-19-6-4-17(5-7-19)23(35)33-22-21(30-10-11-31-22)24(36)32-20-8-12-34(13-9-20)15-16-2-1-3-18(14-16)25(27,28)29/h1-7,10-11,14,20H,8-9,12-13,15H2,(H,32,36)(H,31,33,35). The van der Waals surface area contributed by atoms with E-state index in [1.807, 2.05) is 4.90 Å². The average Bonchev–Trinajstić information content (AvgIpc) is 2.85. The summed E-state index contributed by atoms with van der Waals surface area (Å²) in [4.78, 5) is 35.4. The Hall–Kier alpha value is -3.86. The summed E-state index contributed by atoms with van der Waals surface area (Å²) < 4.78 is 52.0. The zero-order valence-electron chi connectivity index (χ0n) is 19.1. The number of rotatable bonds is 6. The predicted molar refractivity (Wildman–Crippen MR) is 124 cm³/mol. The topological polar surface area (TPSA) is 87.2 Å². The van der Waals surface area contributed by atoms with E-state index in [1.165, 1.54) is 30.6 Å². The van der Waals surface area contributed by atoms with Crippen molar-refractivity contribution in [3.8, 4) is 0 Å². The third-order valence-electron chi connectivity index (χ3n) is 5.83. The van der Waals surface area contributed by atoms with Gasteiger partial charge in [-0.15, -0.1) is 0 Å². The lowest BCUT2D eigenvalue weighted by Crippen LogP contribution is -2.44. The Morgan fingerprint density at radius 2 is 1.67 bits per heavy atom. The molecule has 188 valence electrons. The molecule has 2 heterocycles. The number of aromatic nitrogens is 2. The molecule has 0 bridgehead atoms. The molecule has 0 aliphatic carbocycles. The largest absolute Gasteiger partial charge is 0.416 e. The third-order valence-corrected chi connectivity index (χ3v) is 5.83. The van der Waals surface area contributed by atoms with Crippen LogP contribution < -0.4 is 10.6 Å². The summed E-state index contributed by atoms with van der Waals surface area (Å²) in [6, 6.07) is 10.0. The number of alkyl halides is 3. The second-order valence-electron chi connectivity index (χ2n) is 8.44. The molecule has 1 aliphatic rings. The van der Waals surface area contributed by atoms with Gasteiger partial charge >= 0.3 is 6.18 Å². The van der Waals surface area contributed by atoms with Gasteiger partial charge in [0, 0.05) is 43.6 Å². The molecule has 3 aromatic rings. The van der Waals surface area contributed by atoms with Crippen LogP contribution in [0.5, 0.6) is 0 Å². The van der Waals surface area contributed by atoms with Crippen LogP contribution in [0.15, 0.2) is 60.9 Å². The molecule has 1 fully saturated rings. The number of likely N-dealkylation sites (tertiary alicyclic amines) is 1. The fourth-order valence-electron chi connectivity index (χ4n) is 3.97. The molecule has 2 amide bonds. The van der Waals surface area contributed by atoms with Crippen molar-refractivity contribution < 1.29 is 27.2 Å². The Bertz CT molecular complexity index is 1230. The highest BCUT2D eigenvalue weighted by molar-refractivity contribution is 6.07. The van der Waals surface area contributed by atoms with Gasteiger partial charge in [-0.25, -0.2) is 14.4 Å². The molecule has 36 heavy (non-hydrogen) atoms. The van der Waals surface area contributed by atoms with Crippen molar-refractivity contribution >= 4 is 17.6 Å². The van der Waals surface area contributed by atoms with Crippen molar-refractivity contribution in [2.24, 2.45) is 0 Å². The molecule has 0 radical (unpaired) electrons. The van der Waals surface area contributed by atoms with Crippen molar-refractivity contribution in [1.82, 2.24) is 20.2 Å². The molecular weight excluding hydrogens is 478 g/mol. The zero-order valence-corrected chi connectivity index (χ0v) is 19.1. The highest BCUT2D eigenvalue weighted by Crippen LogP contribution is 2.30. The van der Waals surface area contributed by atoms with Crippen molar-refractivity contribution in [2.75, 3.05) is 18.4 Å². The summed E-state index contributed by atoms with van der Waals surface area (Å²) in [5, 5.41) is 5.42. The minimum absolute atomic E-state index is 0.0219. The lowest BCUT2D eigenvalue weighted by molar-refractivity contribution is -0.137. The van der Waals surface area contributed by atoms with Gasteiger partial charge in [0.05, 0.1) is 5.56 Å². The number of carbonyl (C=O) groups excluding carboxylic acids is 2. The summed E-state index contributed by atoms with van der Waals surface area (Å²) >= 11 is 0. The quantitative estimate of drug-likeness (QED) is 0.493. The number of nitrogens with one attached hydrogen (secondary N) is 2. The maximum Gasteiger partial charge on any atom is 0.416 e. The van der Waals surface area contributed by atoms with Crippen LogP contribution in [-0.4, -0.2) is 45.8 Å². The Balaban J connectivity index is 1.33. The van der Waals surface area contributed by atoms with Crippen LogP contribution in [0.3, 0.4) is 0 Å². The normalized spacial score (nSPS) is 14.9. The average molecular weight is 501 g/mol. The van der Waals surface area contributed by atoms with E-state index in [1.54, 1.807) is 6.07 Å². The number of anilines is 1. The fourth-order valence-corrected chi connectivity index (χ4v) is 3.97. The van der Waals surface area contributed by atoms with Crippen molar-refractivity contribution in [1.29, 1.82) is 0 Å². The zero-order chi connectivity index (χ0) is 25.7. The first-order valence-electron chi connectivity index (χ1n) is 11.3. The highest BCUT2D eigenvalue weighted by Gasteiger charge is 2.30. The smallest absolute Gasteiger partial charge is 0.348 e. The van der Waals surface area contributed by atoms with Gasteiger partial charge < -0.3 is 10.6 Å². The van der Waals surface area contributed by atoms with Gasteiger partial charge in [0.1, 0.15) is 5.82 Å². The second kappa shape index (κ2) is 10.8. The molecule has 0 unspecified atom stereocenters. The molecule has 1 saturated heterocycles. The summed E-state index contributed by atoms with van der Waals surface area (Å²) in [6.45, 7) is 1.57. The third kappa shape index (κ3) is 6.42. The van der Waals surface area contributed by atoms with Gasteiger partial charge in [0.25, 0.3) is 11.8 Å². The molecule has 4 rings (SSSR count). The number of hydrogen-bond donors (Lipinski definition) is 2. The molecule has 0 saturated carbocycles. The Morgan fingerprint density at radius 3 is 2.36 bits per heavy atom. The van der Waals surface area contributed by atoms with Gasteiger partial charge in [0.15, 0.2) is 11.5 Å². The van der Waals surface area contributed by atoms with E-state index < -0.39 is 29.4 Å². The van der Waals surface area contributed by atoms with E-state index in [9.17, 15) is 27.2 Å². The minimum atomic E-state index is -4.38. The lowest BCUT2D eigenvalue weighted by Gasteiger charge is -2.32. The number of carbonyl (C=O) groups is 2. The molecule has 11 heteroatoms. The minimum Gasteiger partial charge on any atom is -0.348 e. The van der Waals surface area contributed by atoms with Crippen LogP contribution in [0.1, 0.15) is 44.8 Å². The maximum absolute atomic E-state index is 13.1. The van der Waals surface area contributed by atoms with Crippen molar-refractivity contribution in [3.63, 3.8) is 0 Å². The summed E-state index contributed by atoms with van der Waals surface area (Å²) in [5.74, 6) is -1.57. The highest BCUT2D eigenvalue weighted by atomic mass is 19.4. The van der Waals surface area contributed by atoms with Crippen LogP contribution in [-0.2, 0) is 12.7 Å². The first-order chi connectivity index (χ1) is 17.2. The number of benzene rings is 2. The molecule has 7 nitrogen and oxygen atoms in total. The van der Waals surface area contributed by atoms with E-state index >= 15 is 0 Å². The van der Waals surface area contributed by atoms with E-state index in [4.69, 9.17) is 0 Å². The number of hydrogen-bond acceptors (Lipinski definition) is 5. The predicted octanol–water partition coefficient (Wildman–Crippen LogP) is 4.28. The lowest BCUT2D eigenvalue weighted by atomic mass is 10.0. The SMILES string of the molecule is O=C(Nc1nccnc1C(=O)NC1CCN(Cc2cccc(C(F)(F)F)c2)CC1)c1ccc(F)cc1. The Labute approximate surface area is 204 Å². The van der Waals surface area contributed by atoms with E-state index in [2.05, 4.69) is 20.6 Å². The van der Waals surface area contributed by atoms with Crippen LogP contribution in [0.25, 0.3) is 0 Å². The van der Waals surface area contributed by atoms with Gasteiger partial charge in [-0.3, -0.25) is 14.5 Å². The molecule has 1 aliphatic heterocycles. The van der Waals surface area contributed by atoms with Gasteiger partial charge in [-0.05, 0) is 48.7 Å². The molecule has 0 spiro atoms. The van der Waals surface area contributed by atoms with E-state index in [-0.39, 0.29) is 23.1 Å².